The number of amides is 2. The van der Waals surface area contributed by atoms with Gasteiger partial charge in [-0.2, -0.15) is 0 Å². The number of hydrogen-bond donors (Lipinski definition) is 1. The predicted molar refractivity (Wildman–Crippen MR) is 123 cm³/mol. The van der Waals surface area contributed by atoms with Crippen molar-refractivity contribution in [3.05, 3.63) is 67.6 Å². The van der Waals surface area contributed by atoms with Crippen molar-refractivity contribution < 1.29 is 4.79 Å². The van der Waals surface area contributed by atoms with Crippen molar-refractivity contribution in [2.75, 3.05) is 11.9 Å². The Morgan fingerprint density at radius 1 is 1.20 bits per heavy atom. The quantitative estimate of drug-likeness (QED) is 0.501. The van der Waals surface area contributed by atoms with Gasteiger partial charge in [0, 0.05) is 18.1 Å². The Balaban J connectivity index is 2.01. The molecule has 0 bridgehead atoms. The summed E-state index contributed by atoms with van der Waals surface area (Å²) < 4.78 is 1.57. The lowest BCUT2D eigenvalue weighted by atomic mass is 10.2. The van der Waals surface area contributed by atoms with E-state index in [4.69, 9.17) is 34.8 Å². The number of nitrogens with one attached hydrogen (secondary N) is 1. The van der Waals surface area contributed by atoms with Crippen LogP contribution in [0.5, 0.6) is 0 Å². The topological polar surface area (TPSA) is 67.2 Å². The Kier molecular flexibility index (Phi) is 6.91. The number of anilines is 1. The van der Waals surface area contributed by atoms with E-state index in [9.17, 15) is 9.59 Å². The predicted octanol–water partition coefficient (Wildman–Crippen LogP) is 5.99. The summed E-state index contributed by atoms with van der Waals surface area (Å²) >= 11 is 18.3. The van der Waals surface area contributed by atoms with Crippen molar-refractivity contribution in [2.45, 2.75) is 33.4 Å². The van der Waals surface area contributed by atoms with Gasteiger partial charge in [-0.15, -0.1) is 0 Å². The molecule has 9 heteroatoms. The van der Waals surface area contributed by atoms with Crippen LogP contribution in [0.1, 0.15) is 32.6 Å². The molecule has 0 aliphatic heterocycles. The molecular weight excluding hydrogens is 447 g/mol. The number of urea groups is 1. The maximum Gasteiger partial charge on any atom is 0.322 e. The summed E-state index contributed by atoms with van der Waals surface area (Å²) in [4.78, 5) is 32.2. The first-order valence-electron chi connectivity index (χ1n) is 9.50. The number of carbonyl (C=O) groups is 1. The minimum Gasteiger partial charge on any atom is -0.315 e. The van der Waals surface area contributed by atoms with E-state index < -0.39 is 6.04 Å². The molecule has 1 heterocycles. The third-order valence-electron chi connectivity index (χ3n) is 4.90. The summed E-state index contributed by atoms with van der Waals surface area (Å²) in [6, 6.07) is 9.13. The SMILES string of the molecule is CCN(C(=O)Nc1cccc(Cl)c1Cl)C(C)c1nc2cc(Cl)ccc2c(=O)n1CC. The number of aromatic nitrogens is 2. The van der Waals surface area contributed by atoms with Gasteiger partial charge in [0.15, 0.2) is 0 Å². The second-order valence-electron chi connectivity index (χ2n) is 6.67. The fourth-order valence-electron chi connectivity index (χ4n) is 3.36. The number of fused-ring (bicyclic) bond motifs is 1. The van der Waals surface area contributed by atoms with Gasteiger partial charge in [-0.25, -0.2) is 9.78 Å². The highest BCUT2D eigenvalue weighted by molar-refractivity contribution is 6.44. The molecule has 2 amide bonds. The Morgan fingerprint density at radius 3 is 2.60 bits per heavy atom. The zero-order valence-electron chi connectivity index (χ0n) is 16.7. The minimum atomic E-state index is -0.482. The maximum atomic E-state index is 13.0. The first-order chi connectivity index (χ1) is 14.3. The zero-order valence-corrected chi connectivity index (χ0v) is 19.0. The molecule has 1 aromatic heterocycles. The molecule has 1 N–H and O–H groups in total. The molecule has 3 rings (SSSR count). The van der Waals surface area contributed by atoms with Crippen LogP contribution in [-0.4, -0.2) is 27.0 Å². The van der Waals surface area contributed by atoms with Crippen LogP contribution in [-0.2, 0) is 6.54 Å². The van der Waals surface area contributed by atoms with Crippen molar-refractivity contribution in [1.29, 1.82) is 0 Å². The van der Waals surface area contributed by atoms with Crippen molar-refractivity contribution in [1.82, 2.24) is 14.5 Å². The van der Waals surface area contributed by atoms with Crippen LogP contribution in [0.3, 0.4) is 0 Å². The highest BCUT2D eigenvalue weighted by atomic mass is 35.5. The minimum absolute atomic E-state index is 0.171. The van der Waals surface area contributed by atoms with E-state index in [1.807, 2.05) is 20.8 Å². The van der Waals surface area contributed by atoms with Crippen molar-refractivity contribution in [2.24, 2.45) is 0 Å². The molecule has 30 heavy (non-hydrogen) atoms. The van der Waals surface area contributed by atoms with Gasteiger partial charge < -0.3 is 10.2 Å². The van der Waals surface area contributed by atoms with Crippen LogP contribution in [0.15, 0.2) is 41.2 Å². The van der Waals surface area contributed by atoms with E-state index in [-0.39, 0.29) is 16.6 Å². The second kappa shape index (κ2) is 9.25. The van der Waals surface area contributed by atoms with Crippen molar-refractivity contribution in [3.8, 4) is 0 Å². The molecular formula is C21H21Cl3N4O2. The van der Waals surface area contributed by atoms with Crippen LogP contribution in [0.4, 0.5) is 10.5 Å². The number of rotatable bonds is 5. The molecule has 3 aromatic rings. The first kappa shape index (κ1) is 22.4. The van der Waals surface area contributed by atoms with Gasteiger partial charge in [-0.05, 0) is 51.1 Å². The third kappa shape index (κ3) is 4.26. The highest BCUT2D eigenvalue weighted by Gasteiger charge is 2.25. The molecule has 0 saturated heterocycles. The largest absolute Gasteiger partial charge is 0.322 e. The smallest absolute Gasteiger partial charge is 0.315 e. The molecule has 158 valence electrons. The molecule has 0 aliphatic rings. The lowest BCUT2D eigenvalue weighted by Crippen LogP contribution is -2.40. The number of hydrogen-bond acceptors (Lipinski definition) is 3. The number of carbonyl (C=O) groups excluding carboxylic acids is 1. The summed E-state index contributed by atoms with van der Waals surface area (Å²) in [6.45, 7) is 6.35. The molecule has 0 fully saturated rings. The standard InChI is InChI=1S/C21H21Cl3N4O2/c1-4-27(21(30)26-16-8-6-7-15(23)18(16)24)12(3)19-25-17-11-13(22)9-10-14(17)20(29)28(19)5-2/h6-12H,4-5H2,1-3H3,(H,26,30). The van der Waals surface area contributed by atoms with Gasteiger partial charge in [0.25, 0.3) is 5.56 Å². The zero-order chi connectivity index (χ0) is 22.0. The van der Waals surface area contributed by atoms with E-state index in [0.717, 1.165) is 0 Å². The Morgan fingerprint density at radius 2 is 1.93 bits per heavy atom. The molecule has 2 aromatic carbocycles. The third-order valence-corrected chi connectivity index (χ3v) is 5.95. The van der Waals surface area contributed by atoms with Gasteiger partial charge >= 0.3 is 6.03 Å². The van der Waals surface area contributed by atoms with Gasteiger partial charge in [-0.3, -0.25) is 9.36 Å². The first-order valence-corrected chi connectivity index (χ1v) is 10.6. The van der Waals surface area contributed by atoms with Gasteiger partial charge in [0.1, 0.15) is 5.82 Å². The lowest BCUT2D eigenvalue weighted by molar-refractivity contribution is 0.192. The van der Waals surface area contributed by atoms with Gasteiger partial charge in [0.05, 0.1) is 32.7 Å². The average molecular weight is 468 g/mol. The summed E-state index contributed by atoms with van der Waals surface area (Å²) in [5.74, 6) is 0.478. The average Bonchev–Trinajstić information content (AvgIpc) is 2.71. The second-order valence-corrected chi connectivity index (χ2v) is 7.90. The van der Waals surface area contributed by atoms with E-state index in [1.54, 1.807) is 45.9 Å². The Hall–Kier alpha value is -2.28. The fraction of sp³-hybridized carbons (Fsp3) is 0.286. The van der Waals surface area contributed by atoms with Crippen molar-refractivity contribution >= 4 is 57.4 Å². The lowest BCUT2D eigenvalue weighted by Gasteiger charge is -2.29. The Bertz CT molecular complexity index is 1160. The summed E-state index contributed by atoms with van der Waals surface area (Å²) in [5, 5.41) is 4.37. The molecule has 0 aliphatic carbocycles. The van der Waals surface area contributed by atoms with Crippen LogP contribution in [0.25, 0.3) is 10.9 Å². The molecule has 6 nitrogen and oxygen atoms in total. The van der Waals surface area contributed by atoms with Gasteiger partial charge in [-0.1, -0.05) is 40.9 Å². The molecule has 0 saturated carbocycles. The van der Waals surface area contributed by atoms with E-state index >= 15 is 0 Å². The highest BCUT2D eigenvalue weighted by Crippen LogP contribution is 2.30. The van der Waals surface area contributed by atoms with Crippen molar-refractivity contribution in [3.63, 3.8) is 0 Å². The number of halogens is 3. The van der Waals surface area contributed by atoms with E-state index in [1.165, 1.54) is 0 Å². The summed E-state index contributed by atoms with van der Waals surface area (Å²) in [6.07, 6.45) is 0. The van der Waals surface area contributed by atoms with Crippen LogP contribution >= 0.6 is 34.8 Å². The number of nitrogens with zero attached hydrogens (tertiary/aromatic N) is 3. The molecule has 0 radical (unpaired) electrons. The maximum absolute atomic E-state index is 13.0. The van der Waals surface area contributed by atoms with Crippen LogP contribution in [0, 0.1) is 0 Å². The summed E-state index contributed by atoms with van der Waals surface area (Å²) in [7, 11) is 0. The van der Waals surface area contributed by atoms with E-state index in [2.05, 4.69) is 10.3 Å². The van der Waals surface area contributed by atoms with Gasteiger partial charge in [0.2, 0.25) is 0 Å². The molecule has 0 spiro atoms. The van der Waals surface area contributed by atoms with E-state index in [0.29, 0.717) is 45.5 Å². The molecule has 1 unspecified atom stereocenters. The normalized spacial score (nSPS) is 12.1. The van der Waals surface area contributed by atoms with Crippen LogP contribution in [0.2, 0.25) is 15.1 Å². The Labute approximate surface area is 189 Å². The summed E-state index contributed by atoms with van der Waals surface area (Å²) in [5.41, 5.74) is 0.731. The number of benzene rings is 2. The monoisotopic (exact) mass is 466 g/mol. The fourth-order valence-corrected chi connectivity index (χ4v) is 3.87. The van der Waals surface area contributed by atoms with Crippen LogP contribution < -0.4 is 10.9 Å². The molecule has 1 atom stereocenters.